The van der Waals surface area contributed by atoms with Crippen molar-refractivity contribution in [3.63, 3.8) is 0 Å². The molecule has 0 N–H and O–H groups in total. The molecule has 0 bridgehead atoms. The van der Waals surface area contributed by atoms with Gasteiger partial charge in [-0.2, -0.15) is 5.10 Å². The van der Waals surface area contributed by atoms with Crippen LogP contribution in [0.1, 0.15) is 11.1 Å². The largest absolute Gasteiger partial charge is 0.497 e. The zero-order valence-electron chi connectivity index (χ0n) is 10.2. The monoisotopic (exact) mass is 238 g/mol. The van der Waals surface area contributed by atoms with Crippen LogP contribution >= 0.6 is 0 Å². The lowest BCUT2D eigenvalue weighted by Gasteiger charge is -2.24. The number of ether oxygens (including phenoxy) is 1. The van der Waals surface area contributed by atoms with Crippen LogP contribution in [0.2, 0.25) is 0 Å². The number of benzene rings is 2. The molecular formula is C15H14N2O. The van der Waals surface area contributed by atoms with Crippen molar-refractivity contribution in [2.75, 3.05) is 12.1 Å². The van der Waals surface area contributed by atoms with E-state index < -0.39 is 0 Å². The second-order valence-electron chi connectivity index (χ2n) is 4.20. The van der Waals surface area contributed by atoms with Crippen LogP contribution in [-0.4, -0.2) is 13.3 Å². The summed E-state index contributed by atoms with van der Waals surface area (Å²) in [5.74, 6) is 0.849. The van der Waals surface area contributed by atoms with Gasteiger partial charge in [0, 0.05) is 6.07 Å². The van der Waals surface area contributed by atoms with Gasteiger partial charge in [-0.25, -0.2) is 0 Å². The molecule has 3 rings (SSSR count). The van der Waals surface area contributed by atoms with Crippen molar-refractivity contribution in [2.24, 2.45) is 5.10 Å². The van der Waals surface area contributed by atoms with Gasteiger partial charge in [0.15, 0.2) is 0 Å². The van der Waals surface area contributed by atoms with Gasteiger partial charge in [0.2, 0.25) is 0 Å². The lowest BCUT2D eigenvalue weighted by atomic mass is 10.1. The van der Waals surface area contributed by atoms with E-state index in [0.717, 1.165) is 18.0 Å². The fourth-order valence-corrected chi connectivity index (χ4v) is 2.07. The van der Waals surface area contributed by atoms with Crippen molar-refractivity contribution in [1.82, 2.24) is 0 Å². The molecule has 0 amide bonds. The van der Waals surface area contributed by atoms with Gasteiger partial charge >= 0.3 is 0 Å². The minimum absolute atomic E-state index is 0.792. The first kappa shape index (κ1) is 10.8. The normalized spacial score (nSPS) is 13.3. The summed E-state index contributed by atoms with van der Waals surface area (Å²) < 4.78 is 5.24. The summed E-state index contributed by atoms with van der Waals surface area (Å²) in [6.07, 6.45) is 1.90. The third-order valence-corrected chi connectivity index (χ3v) is 3.06. The van der Waals surface area contributed by atoms with Gasteiger partial charge in [-0.15, -0.1) is 0 Å². The maximum Gasteiger partial charge on any atom is 0.120 e. The van der Waals surface area contributed by atoms with E-state index in [-0.39, 0.29) is 0 Å². The molecule has 2 aromatic rings. The predicted molar refractivity (Wildman–Crippen MR) is 73.2 cm³/mol. The summed E-state index contributed by atoms with van der Waals surface area (Å²) in [7, 11) is 1.67. The molecule has 3 nitrogen and oxygen atoms in total. The van der Waals surface area contributed by atoms with E-state index in [4.69, 9.17) is 4.74 Å². The Labute approximate surface area is 106 Å². The Morgan fingerprint density at radius 3 is 2.89 bits per heavy atom. The van der Waals surface area contributed by atoms with Gasteiger partial charge in [0.25, 0.3) is 0 Å². The third-order valence-electron chi connectivity index (χ3n) is 3.06. The molecule has 0 atom stereocenters. The zero-order valence-corrected chi connectivity index (χ0v) is 10.2. The molecule has 0 aromatic heterocycles. The maximum absolute atomic E-state index is 5.24. The minimum atomic E-state index is 0.792. The summed E-state index contributed by atoms with van der Waals surface area (Å²) in [6, 6.07) is 16.2. The van der Waals surface area contributed by atoms with Crippen molar-refractivity contribution in [1.29, 1.82) is 0 Å². The van der Waals surface area contributed by atoms with Crippen LogP contribution in [0.5, 0.6) is 5.75 Å². The Hall–Kier alpha value is -2.29. The van der Waals surface area contributed by atoms with E-state index in [1.807, 2.05) is 41.6 Å². The Bertz CT molecular complexity index is 593. The van der Waals surface area contributed by atoms with Crippen LogP contribution in [-0.2, 0) is 6.54 Å². The molecule has 0 aliphatic carbocycles. The van der Waals surface area contributed by atoms with Crippen LogP contribution in [0.4, 0.5) is 5.69 Å². The van der Waals surface area contributed by atoms with Gasteiger partial charge < -0.3 is 4.74 Å². The SMILES string of the molecule is COc1cccc(N2Cc3ccccc3C=N2)c1. The molecule has 1 heterocycles. The molecule has 0 saturated heterocycles. The highest BCUT2D eigenvalue weighted by Gasteiger charge is 2.13. The molecule has 0 fully saturated rings. The average Bonchev–Trinajstić information content (AvgIpc) is 2.47. The molecule has 18 heavy (non-hydrogen) atoms. The van der Waals surface area contributed by atoms with Crippen molar-refractivity contribution >= 4 is 11.9 Å². The van der Waals surface area contributed by atoms with E-state index in [9.17, 15) is 0 Å². The van der Waals surface area contributed by atoms with Crippen LogP contribution in [0.25, 0.3) is 0 Å². The second kappa shape index (κ2) is 4.53. The molecule has 2 aromatic carbocycles. The van der Waals surface area contributed by atoms with Gasteiger partial charge in [0.05, 0.1) is 25.6 Å². The molecule has 1 aliphatic rings. The highest BCUT2D eigenvalue weighted by Crippen LogP contribution is 2.25. The number of hydrazone groups is 1. The van der Waals surface area contributed by atoms with Crippen molar-refractivity contribution < 1.29 is 4.74 Å². The Kier molecular flexibility index (Phi) is 2.73. The van der Waals surface area contributed by atoms with Crippen molar-refractivity contribution in [3.05, 3.63) is 59.7 Å². The van der Waals surface area contributed by atoms with E-state index in [1.54, 1.807) is 7.11 Å². The number of hydrogen-bond donors (Lipinski definition) is 0. The number of fused-ring (bicyclic) bond motifs is 1. The summed E-state index contributed by atoms with van der Waals surface area (Å²) in [5, 5.41) is 6.45. The number of nitrogens with zero attached hydrogens (tertiary/aromatic N) is 2. The van der Waals surface area contributed by atoms with Gasteiger partial charge in [0.1, 0.15) is 5.75 Å². The van der Waals surface area contributed by atoms with Crippen molar-refractivity contribution in [2.45, 2.75) is 6.54 Å². The lowest BCUT2D eigenvalue weighted by molar-refractivity contribution is 0.415. The summed E-state index contributed by atoms with van der Waals surface area (Å²) >= 11 is 0. The quantitative estimate of drug-likeness (QED) is 0.803. The second-order valence-corrected chi connectivity index (χ2v) is 4.20. The smallest absolute Gasteiger partial charge is 0.120 e. The van der Waals surface area contributed by atoms with Crippen LogP contribution < -0.4 is 9.75 Å². The van der Waals surface area contributed by atoms with E-state index in [2.05, 4.69) is 23.3 Å². The molecular weight excluding hydrogens is 224 g/mol. The third kappa shape index (κ3) is 1.95. The predicted octanol–water partition coefficient (Wildman–Crippen LogP) is 3.05. The number of methoxy groups -OCH3 is 1. The molecule has 0 spiro atoms. The molecule has 0 saturated carbocycles. The summed E-state index contributed by atoms with van der Waals surface area (Å²) in [4.78, 5) is 0. The van der Waals surface area contributed by atoms with Crippen molar-refractivity contribution in [3.8, 4) is 5.75 Å². The topological polar surface area (TPSA) is 24.8 Å². The van der Waals surface area contributed by atoms with Gasteiger partial charge in [-0.05, 0) is 23.3 Å². The van der Waals surface area contributed by atoms with E-state index in [1.165, 1.54) is 11.1 Å². The van der Waals surface area contributed by atoms with Crippen LogP contribution in [0.3, 0.4) is 0 Å². The minimum Gasteiger partial charge on any atom is -0.497 e. The first-order chi connectivity index (χ1) is 8.86. The van der Waals surface area contributed by atoms with Crippen LogP contribution in [0.15, 0.2) is 53.6 Å². The Morgan fingerprint density at radius 1 is 1.11 bits per heavy atom. The summed E-state index contributed by atoms with van der Waals surface area (Å²) in [6.45, 7) is 0.792. The highest BCUT2D eigenvalue weighted by atomic mass is 16.5. The standard InChI is InChI=1S/C15H14N2O/c1-18-15-8-4-7-14(9-15)17-11-13-6-3-2-5-12(13)10-16-17/h2-10H,11H2,1H3. The highest BCUT2D eigenvalue weighted by molar-refractivity contribution is 5.84. The number of anilines is 1. The fraction of sp³-hybridized carbons (Fsp3) is 0.133. The Morgan fingerprint density at radius 2 is 2.00 bits per heavy atom. The Balaban J connectivity index is 1.92. The average molecular weight is 238 g/mol. The van der Waals surface area contributed by atoms with Gasteiger partial charge in [-0.1, -0.05) is 30.3 Å². The lowest BCUT2D eigenvalue weighted by Crippen LogP contribution is -2.20. The maximum atomic E-state index is 5.24. The molecule has 90 valence electrons. The molecule has 3 heteroatoms. The molecule has 0 unspecified atom stereocenters. The molecule has 0 radical (unpaired) electrons. The fourth-order valence-electron chi connectivity index (χ4n) is 2.07. The van der Waals surface area contributed by atoms with E-state index in [0.29, 0.717) is 0 Å². The first-order valence-electron chi connectivity index (χ1n) is 5.90. The zero-order chi connectivity index (χ0) is 12.4. The first-order valence-corrected chi connectivity index (χ1v) is 5.90. The van der Waals surface area contributed by atoms with E-state index >= 15 is 0 Å². The number of hydrogen-bond acceptors (Lipinski definition) is 3. The summed E-state index contributed by atoms with van der Waals surface area (Å²) in [5.41, 5.74) is 3.52. The van der Waals surface area contributed by atoms with Crippen LogP contribution in [0, 0.1) is 0 Å². The van der Waals surface area contributed by atoms with Gasteiger partial charge in [-0.3, -0.25) is 5.01 Å². The number of rotatable bonds is 2. The molecule has 1 aliphatic heterocycles.